The summed E-state index contributed by atoms with van der Waals surface area (Å²) < 4.78 is 5.18. The van der Waals surface area contributed by atoms with Gasteiger partial charge in [-0.25, -0.2) is 0 Å². The second-order valence-corrected chi connectivity index (χ2v) is 5.82. The van der Waals surface area contributed by atoms with Crippen molar-refractivity contribution >= 4 is 18.3 Å². The van der Waals surface area contributed by atoms with Gasteiger partial charge in [-0.2, -0.15) is 5.10 Å². The molecule has 130 valence electrons. The van der Waals surface area contributed by atoms with Crippen LogP contribution in [0.2, 0.25) is 0 Å². The third kappa shape index (κ3) is 3.39. The number of nitrogens with one attached hydrogen (secondary N) is 2. The van der Waals surface area contributed by atoms with Crippen LogP contribution in [0.3, 0.4) is 0 Å². The van der Waals surface area contributed by atoms with Crippen molar-refractivity contribution in [1.82, 2.24) is 20.4 Å². The van der Waals surface area contributed by atoms with E-state index in [9.17, 15) is 4.79 Å². The topological polar surface area (TPSA) is 70.2 Å². The van der Waals surface area contributed by atoms with Crippen molar-refractivity contribution in [3.63, 3.8) is 0 Å². The molecule has 3 rings (SSSR count). The summed E-state index contributed by atoms with van der Waals surface area (Å²) in [4.78, 5) is 14.5. The zero-order chi connectivity index (χ0) is 16.4. The lowest BCUT2D eigenvalue weighted by atomic mass is 10.0. The fourth-order valence-corrected chi connectivity index (χ4v) is 2.85. The Hall–Kier alpha value is -2.05. The molecule has 7 heteroatoms. The molecule has 1 amide bonds. The summed E-state index contributed by atoms with van der Waals surface area (Å²) in [5, 5.41) is 10.5. The number of benzene rings is 1. The lowest BCUT2D eigenvalue weighted by Gasteiger charge is -2.25. The van der Waals surface area contributed by atoms with Gasteiger partial charge < -0.3 is 15.0 Å². The van der Waals surface area contributed by atoms with Crippen LogP contribution >= 0.6 is 12.4 Å². The van der Waals surface area contributed by atoms with Gasteiger partial charge in [0.05, 0.1) is 13.2 Å². The first-order valence-electron chi connectivity index (χ1n) is 7.79. The highest BCUT2D eigenvalue weighted by Gasteiger charge is 2.26. The standard InChI is InChI=1S/C17H22N4O2.ClH/c1-11(12-4-6-13(23-3)7-5-12)21(2)17(22)16-14-10-18-9-8-15(14)19-20-16;/h4-7,11,18H,8-10H2,1-3H3,(H,19,20);1H. The van der Waals surface area contributed by atoms with E-state index in [0.29, 0.717) is 12.2 Å². The van der Waals surface area contributed by atoms with Gasteiger partial charge in [0.25, 0.3) is 5.91 Å². The maximum Gasteiger partial charge on any atom is 0.274 e. The number of hydrogen-bond donors (Lipinski definition) is 2. The number of H-pyrrole nitrogens is 1. The smallest absolute Gasteiger partial charge is 0.274 e. The monoisotopic (exact) mass is 350 g/mol. The zero-order valence-corrected chi connectivity index (χ0v) is 14.9. The van der Waals surface area contributed by atoms with Gasteiger partial charge in [-0.1, -0.05) is 12.1 Å². The predicted molar refractivity (Wildman–Crippen MR) is 94.7 cm³/mol. The highest BCUT2D eigenvalue weighted by molar-refractivity contribution is 5.94. The van der Waals surface area contributed by atoms with Gasteiger partial charge >= 0.3 is 0 Å². The molecule has 0 saturated heterocycles. The van der Waals surface area contributed by atoms with E-state index >= 15 is 0 Å². The number of halogens is 1. The summed E-state index contributed by atoms with van der Waals surface area (Å²) in [6, 6.07) is 7.73. The van der Waals surface area contributed by atoms with Crippen molar-refractivity contribution in [3.8, 4) is 5.75 Å². The van der Waals surface area contributed by atoms with Crippen molar-refractivity contribution in [2.45, 2.75) is 25.9 Å². The Morgan fingerprint density at radius 2 is 2.04 bits per heavy atom. The van der Waals surface area contributed by atoms with Crippen LogP contribution < -0.4 is 10.1 Å². The normalized spacial score (nSPS) is 14.3. The molecule has 6 nitrogen and oxygen atoms in total. The Bertz CT molecular complexity index is 699. The van der Waals surface area contributed by atoms with E-state index < -0.39 is 0 Å². The zero-order valence-electron chi connectivity index (χ0n) is 14.1. The first-order chi connectivity index (χ1) is 11.1. The number of amides is 1. The van der Waals surface area contributed by atoms with Crippen LogP contribution in [0.15, 0.2) is 24.3 Å². The molecule has 2 N–H and O–H groups in total. The quantitative estimate of drug-likeness (QED) is 0.887. The molecule has 0 aliphatic carbocycles. The number of rotatable bonds is 4. The van der Waals surface area contributed by atoms with Crippen LogP contribution in [0, 0.1) is 0 Å². The van der Waals surface area contributed by atoms with Crippen LogP contribution in [0.25, 0.3) is 0 Å². The van der Waals surface area contributed by atoms with Crippen molar-refractivity contribution in [2.24, 2.45) is 0 Å². The maximum atomic E-state index is 12.8. The number of hydrogen-bond acceptors (Lipinski definition) is 4. The molecule has 2 heterocycles. The summed E-state index contributed by atoms with van der Waals surface area (Å²) in [6.07, 6.45) is 0.882. The molecule has 1 aliphatic rings. The molecule has 0 fully saturated rings. The van der Waals surface area contributed by atoms with Gasteiger partial charge in [0.15, 0.2) is 5.69 Å². The number of aromatic nitrogens is 2. The van der Waals surface area contributed by atoms with Gasteiger partial charge in [0, 0.05) is 37.8 Å². The molecule has 0 bridgehead atoms. The summed E-state index contributed by atoms with van der Waals surface area (Å²) >= 11 is 0. The first kappa shape index (κ1) is 18.3. The number of carbonyl (C=O) groups excluding carboxylic acids is 1. The van der Waals surface area contributed by atoms with Crippen LogP contribution in [0.4, 0.5) is 0 Å². The Balaban J connectivity index is 0.00000208. The molecular weight excluding hydrogens is 328 g/mol. The van der Waals surface area contributed by atoms with Gasteiger partial charge in [-0.3, -0.25) is 9.89 Å². The molecule has 0 spiro atoms. The molecule has 1 atom stereocenters. The van der Waals surface area contributed by atoms with Crippen LogP contribution in [0.5, 0.6) is 5.75 Å². The third-order valence-electron chi connectivity index (χ3n) is 4.51. The average molecular weight is 351 g/mol. The number of nitrogens with zero attached hydrogens (tertiary/aromatic N) is 2. The van der Waals surface area contributed by atoms with E-state index in [0.717, 1.165) is 35.5 Å². The second kappa shape index (κ2) is 7.68. The van der Waals surface area contributed by atoms with E-state index in [1.807, 2.05) is 38.2 Å². The molecule has 1 aliphatic heterocycles. The lowest BCUT2D eigenvalue weighted by Crippen LogP contribution is -2.32. The van der Waals surface area contributed by atoms with Gasteiger partial charge in [0.1, 0.15) is 5.75 Å². The van der Waals surface area contributed by atoms with Crippen molar-refractivity contribution in [1.29, 1.82) is 0 Å². The first-order valence-corrected chi connectivity index (χ1v) is 7.79. The fourth-order valence-electron chi connectivity index (χ4n) is 2.85. The molecule has 0 radical (unpaired) electrons. The Morgan fingerprint density at radius 1 is 1.33 bits per heavy atom. The van der Waals surface area contributed by atoms with Gasteiger partial charge in [-0.15, -0.1) is 12.4 Å². The highest BCUT2D eigenvalue weighted by atomic mass is 35.5. The van der Waals surface area contributed by atoms with Crippen LogP contribution in [0.1, 0.15) is 40.3 Å². The van der Waals surface area contributed by atoms with Gasteiger partial charge in [-0.05, 0) is 24.6 Å². The Morgan fingerprint density at radius 3 is 2.71 bits per heavy atom. The molecule has 1 aromatic carbocycles. The number of ether oxygens (including phenoxy) is 1. The predicted octanol–water partition coefficient (Wildman–Crippen LogP) is 2.32. The van der Waals surface area contributed by atoms with E-state index in [4.69, 9.17) is 4.74 Å². The summed E-state index contributed by atoms with van der Waals surface area (Å²) in [7, 11) is 3.46. The van der Waals surface area contributed by atoms with Crippen molar-refractivity contribution in [3.05, 3.63) is 46.8 Å². The SMILES string of the molecule is COc1ccc(C(C)N(C)C(=O)c2n[nH]c3c2CNCC3)cc1.Cl. The number of methoxy groups -OCH3 is 1. The summed E-state index contributed by atoms with van der Waals surface area (Å²) in [6.45, 7) is 3.62. The molecular formula is C17H23ClN4O2. The molecule has 2 aromatic rings. The Kier molecular flexibility index (Phi) is 5.85. The van der Waals surface area contributed by atoms with E-state index in [2.05, 4.69) is 15.5 Å². The minimum atomic E-state index is -0.0606. The summed E-state index contributed by atoms with van der Waals surface area (Å²) in [5.74, 6) is 0.747. The molecule has 0 saturated carbocycles. The van der Waals surface area contributed by atoms with E-state index in [1.165, 1.54) is 0 Å². The average Bonchev–Trinajstić information content (AvgIpc) is 3.04. The minimum Gasteiger partial charge on any atom is -0.497 e. The van der Waals surface area contributed by atoms with E-state index in [1.54, 1.807) is 12.0 Å². The number of aromatic amines is 1. The summed E-state index contributed by atoms with van der Waals surface area (Å²) in [5.41, 5.74) is 3.65. The maximum absolute atomic E-state index is 12.8. The third-order valence-corrected chi connectivity index (χ3v) is 4.51. The number of fused-ring (bicyclic) bond motifs is 1. The van der Waals surface area contributed by atoms with E-state index in [-0.39, 0.29) is 24.4 Å². The van der Waals surface area contributed by atoms with Crippen LogP contribution in [-0.2, 0) is 13.0 Å². The molecule has 1 unspecified atom stereocenters. The largest absolute Gasteiger partial charge is 0.497 e. The highest BCUT2D eigenvalue weighted by Crippen LogP contribution is 2.24. The number of carbonyl (C=O) groups is 1. The minimum absolute atomic E-state index is 0. The van der Waals surface area contributed by atoms with Crippen LogP contribution in [-0.4, -0.2) is 41.7 Å². The van der Waals surface area contributed by atoms with Crippen molar-refractivity contribution in [2.75, 3.05) is 20.7 Å². The fraction of sp³-hybridized carbons (Fsp3) is 0.412. The van der Waals surface area contributed by atoms with Crippen molar-refractivity contribution < 1.29 is 9.53 Å². The second-order valence-electron chi connectivity index (χ2n) is 5.82. The van der Waals surface area contributed by atoms with Gasteiger partial charge in [0.2, 0.25) is 0 Å². The molecule has 1 aromatic heterocycles. The molecule has 24 heavy (non-hydrogen) atoms. The lowest BCUT2D eigenvalue weighted by molar-refractivity contribution is 0.0735. The Labute approximate surface area is 148 Å².